The van der Waals surface area contributed by atoms with Gasteiger partial charge in [-0.05, 0) is 38.1 Å². The molecule has 0 aromatic heterocycles. The van der Waals surface area contributed by atoms with Crippen LogP contribution in [0.1, 0.15) is 27.7 Å². The summed E-state index contributed by atoms with van der Waals surface area (Å²) < 4.78 is 5.93. The maximum absolute atomic E-state index is 5.93. The minimum Gasteiger partial charge on any atom is -0.455 e. The Morgan fingerprint density at radius 1 is 0.950 bits per heavy atom. The number of ether oxygens (including phenoxy) is 1. The predicted octanol–water partition coefficient (Wildman–Crippen LogP) is 6.12. The Kier molecular flexibility index (Phi) is 7.59. The van der Waals surface area contributed by atoms with Gasteiger partial charge in [0.25, 0.3) is 0 Å². The molecule has 0 saturated heterocycles. The van der Waals surface area contributed by atoms with Crippen molar-refractivity contribution in [2.24, 2.45) is 0 Å². The van der Waals surface area contributed by atoms with E-state index in [4.69, 9.17) is 4.74 Å². The van der Waals surface area contributed by atoms with Crippen LogP contribution in [0.4, 0.5) is 0 Å². The lowest BCUT2D eigenvalue weighted by atomic mass is 10.3. The maximum atomic E-state index is 5.93. The highest BCUT2D eigenvalue weighted by Gasteiger charge is 2.16. The first kappa shape index (κ1) is 16.4. The zero-order valence-corrected chi connectivity index (χ0v) is 13.4. The van der Waals surface area contributed by atoms with Crippen molar-refractivity contribution >= 4 is 11.8 Å². The Labute approximate surface area is 126 Å². The molecule has 1 heterocycles. The van der Waals surface area contributed by atoms with Crippen LogP contribution in [0.3, 0.4) is 0 Å². The van der Waals surface area contributed by atoms with Gasteiger partial charge in [-0.15, -0.1) is 0 Å². The van der Waals surface area contributed by atoms with Crippen LogP contribution in [0.25, 0.3) is 0 Å². The van der Waals surface area contributed by atoms with Gasteiger partial charge in [-0.3, -0.25) is 0 Å². The Morgan fingerprint density at radius 3 is 2.40 bits per heavy atom. The largest absolute Gasteiger partial charge is 0.455 e. The fourth-order valence-electron chi connectivity index (χ4n) is 1.59. The second-order valence-electron chi connectivity index (χ2n) is 3.76. The van der Waals surface area contributed by atoms with Gasteiger partial charge >= 0.3 is 0 Å². The van der Waals surface area contributed by atoms with Gasteiger partial charge in [-0.2, -0.15) is 0 Å². The first-order chi connectivity index (χ1) is 9.85. The number of para-hydroxylation sites is 1. The van der Waals surface area contributed by atoms with E-state index in [0.717, 1.165) is 21.3 Å². The molecular weight excluding hydrogens is 264 g/mol. The van der Waals surface area contributed by atoms with E-state index in [1.807, 2.05) is 76.3 Å². The summed E-state index contributed by atoms with van der Waals surface area (Å²) in [6, 6.07) is 8.10. The van der Waals surface area contributed by atoms with Crippen molar-refractivity contribution in [3.63, 3.8) is 0 Å². The van der Waals surface area contributed by atoms with Gasteiger partial charge < -0.3 is 4.74 Å². The van der Waals surface area contributed by atoms with Crippen molar-refractivity contribution in [1.29, 1.82) is 0 Å². The smallest absolute Gasteiger partial charge is 0.141 e. The van der Waals surface area contributed by atoms with Crippen LogP contribution in [0, 0.1) is 0 Å². The zero-order valence-electron chi connectivity index (χ0n) is 12.6. The molecule has 0 saturated carbocycles. The summed E-state index contributed by atoms with van der Waals surface area (Å²) in [4.78, 5) is 2.30. The molecule has 0 aliphatic carbocycles. The fraction of sp³-hybridized carbons (Fsp3) is 0.222. The quantitative estimate of drug-likeness (QED) is 0.619. The first-order valence-corrected chi connectivity index (χ1v) is 7.78. The summed E-state index contributed by atoms with van der Waals surface area (Å²) in [7, 11) is 0. The number of hydrogen-bond acceptors (Lipinski definition) is 2. The Hall–Kier alpha value is -1.67. The van der Waals surface area contributed by atoms with E-state index in [1.165, 1.54) is 0 Å². The third kappa shape index (κ3) is 4.46. The van der Waals surface area contributed by atoms with Crippen molar-refractivity contribution in [2.45, 2.75) is 32.6 Å². The van der Waals surface area contributed by atoms with Crippen LogP contribution < -0.4 is 4.74 Å². The van der Waals surface area contributed by atoms with Crippen molar-refractivity contribution < 1.29 is 4.74 Å². The number of thioether (sulfide) groups is 1. The topological polar surface area (TPSA) is 9.23 Å². The molecule has 0 spiro atoms. The van der Waals surface area contributed by atoms with Crippen LogP contribution in [-0.4, -0.2) is 0 Å². The maximum Gasteiger partial charge on any atom is 0.141 e. The van der Waals surface area contributed by atoms with Crippen molar-refractivity contribution in [2.75, 3.05) is 0 Å². The van der Waals surface area contributed by atoms with E-state index in [0.29, 0.717) is 0 Å². The molecular formula is C18H22OS. The lowest BCUT2D eigenvalue weighted by molar-refractivity contribution is 0.429. The summed E-state index contributed by atoms with van der Waals surface area (Å²) in [6.07, 6.45) is 12.1. The highest BCUT2D eigenvalue weighted by atomic mass is 32.2. The molecule has 1 aliphatic rings. The molecule has 2 rings (SSSR count). The molecule has 1 aromatic carbocycles. The van der Waals surface area contributed by atoms with E-state index in [2.05, 4.69) is 12.1 Å². The number of rotatable bonds is 3. The van der Waals surface area contributed by atoms with E-state index >= 15 is 0 Å². The summed E-state index contributed by atoms with van der Waals surface area (Å²) in [5.41, 5.74) is 0. The monoisotopic (exact) mass is 286 g/mol. The Bertz CT molecular complexity index is 536. The van der Waals surface area contributed by atoms with E-state index in [-0.39, 0.29) is 0 Å². The first-order valence-electron chi connectivity index (χ1n) is 6.96. The lowest BCUT2D eigenvalue weighted by Crippen LogP contribution is -2.01. The van der Waals surface area contributed by atoms with Gasteiger partial charge in [-0.25, -0.2) is 0 Å². The molecule has 0 amide bonds. The molecule has 0 fully saturated rings. The minimum absolute atomic E-state index is 0.898. The second-order valence-corrected chi connectivity index (χ2v) is 4.85. The van der Waals surface area contributed by atoms with Gasteiger partial charge in [0.05, 0.1) is 9.80 Å². The minimum atomic E-state index is 0.898. The molecule has 1 nitrogen and oxygen atoms in total. The van der Waals surface area contributed by atoms with Gasteiger partial charge in [0.1, 0.15) is 11.5 Å². The number of fused-ring (bicyclic) bond motifs is 1. The molecule has 2 heteroatoms. The van der Waals surface area contributed by atoms with Crippen molar-refractivity contribution in [3.05, 3.63) is 71.4 Å². The average molecular weight is 286 g/mol. The molecule has 20 heavy (non-hydrogen) atoms. The molecule has 0 N–H and O–H groups in total. The number of benzene rings is 1. The SMILES string of the molecule is CC.C\C=C/C=C\C1=C(\C=C\C)Sc2ccccc2O1. The van der Waals surface area contributed by atoms with E-state index in [9.17, 15) is 0 Å². The van der Waals surface area contributed by atoms with Crippen LogP contribution in [0.2, 0.25) is 0 Å². The van der Waals surface area contributed by atoms with E-state index < -0.39 is 0 Å². The van der Waals surface area contributed by atoms with Crippen LogP contribution >= 0.6 is 11.8 Å². The lowest BCUT2D eigenvalue weighted by Gasteiger charge is -2.19. The molecule has 0 unspecified atom stereocenters. The van der Waals surface area contributed by atoms with Gasteiger partial charge in [-0.1, -0.05) is 62.0 Å². The molecule has 0 bridgehead atoms. The zero-order chi connectivity index (χ0) is 14.8. The van der Waals surface area contributed by atoms with Gasteiger partial charge in [0, 0.05) is 0 Å². The highest BCUT2D eigenvalue weighted by Crippen LogP contribution is 2.42. The number of hydrogen-bond donors (Lipinski definition) is 0. The van der Waals surface area contributed by atoms with Crippen LogP contribution in [0.5, 0.6) is 5.75 Å². The molecule has 1 aromatic rings. The Balaban J connectivity index is 0.000000956. The number of allylic oxidation sites excluding steroid dienone is 6. The summed E-state index contributed by atoms with van der Waals surface area (Å²) in [6.45, 7) is 8.01. The van der Waals surface area contributed by atoms with Gasteiger partial charge in [0.15, 0.2) is 0 Å². The van der Waals surface area contributed by atoms with Crippen molar-refractivity contribution in [3.8, 4) is 5.75 Å². The third-order valence-corrected chi connectivity index (χ3v) is 3.52. The fourth-order valence-corrected chi connectivity index (χ4v) is 2.60. The third-order valence-electron chi connectivity index (χ3n) is 2.40. The second kappa shape index (κ2) is 9.27. The summed E-state index contributed by atoms with van der Waals surface area (Å²) in [5, 5.41) is 0. The standard InChI is InChI=1S/C16H16OS.C2H6/c1-3-5-6-10-13-15(9-4-2)18-16-12-8-7-11-14(16)17-13;1-2/h3-12H,1-2H3;1-2H3/b5-3-,9-4+,10-6-;. The highest BCUT2D eigenvalue weighted by molar-refractivity contribution is 8.03. The van der Waals surface area contributed by atoms with Crippen LogP contribution in [-0.2, 0) is 0 Å². The van der Waals surface area contributed by atoms with Gasteiger partial charge in [0.2, 0.25) is 0 Å². The Morgan fingerprint density at radius 2 is 1.70 bits per heavy atom. The van der Waals surface area contributed by atoms with Crippen LogP contribution in [0.15, 0.2) is 76.3 Å². The average Bonchev–Trinajstić information content (AvgIpc) is 2.50. The molecule has 0 atom stereocenters. The molecule has 0 radical (unpaired) electrons. The molecule has 1 aliphatic heterocycles. The molecule has 106 valence electrons. The normalized spacial score (nSPS) is 14.4. The summed E-state index contributed by atoms with van der Waals surface area (Å²) >= 11 is 1.74. The predicted molar refractivity (Wildman–Crippen MR) is 90.1 cm³/mol. The van der Waals surface area contributed by atoms with E-state index in [1.54, 1.807) is 11.8 Å². The summed E-state index contributed by atoms with van der Waals surface area (Å²) in [5.74, 6) is 1.82. The van der Waals surface area contributed by atoms with Crippen molar-refractivity contribution in [1.82, 2.24) is 0 Å².